The number of imide groups is 2. The molecule has 2 unspecified atom stereocenters. The molecular weight excluding hydrogens is 1120 g/mol. The molecule has 0 aromatic heterocycles. The maximum atomic E-state index is 11.8. The molecule has 79 heavy (non-hydrogen) atoms. The first-order chi connectivity index (χ1) is 37.4. The topological polar surface area (TPSA) is 360 Å². The number of hydrogen-bond acceptors (Lipinski definition) is 25. The molecule has 28 heteroatoms. The largest absolute Gasteiger partial charge is 0.502 e. The number of ketones is 3. The minimum Gasteiger partial charge on any atom is -0.502 e. The summed E-state index contributed by atoms with van der Waals surface area (Å²) in [6.07, 6.45) is 8.66. The molecule has 24 nitrogen and oxygen atoms in total. The van der Waals surface area contributed by atoms with E-state index in [-0.39, 0.29) is 101 Å². The van der Waals surface area contributed by atoms with Crippen LogP contribution in [0.4, 0.5) is 0 Å². The summed E-state index contributed by atoms with van der Waals surface area (Å²) in [7, 11) is 12.1. The summed E-state index contributed by atoms with van der Waals surface area (Å²) in [4.78, 5) is 115. The van der Waals surface area contributed by atoms with Crippen LogP contribution in [0.25, 0.3) is 0 Å². The number of Topliss-reactive ketones (excluding diaryl/α,β-unsaturated/α-hetero) is 3. The first kappa shape index (κ1) is 78.6. The highest BCUT2D eigenvalue weighted by molar-refractivity contribution is 8.76. The molecule has 0 bridgehead atoms. The molecule has 452 valence electrons. The van der Waals surface area contributed by atoms with Crippen molar-refractivity contribution in [2.24, 2.45) is 0 Å². The number of hydroxylamine groups is 1. The lowest BCUT2D eigenvalue weighted by molar-refractivity contribution is -0.147. The minimum absolute atomic E-state index is 0.0148. The van der Waals surface area contributed by atoms with Crippen molar-refractivity contribution in [3.8, 4) is 0 Å². The highest BCUT2D eigenvalue weighted by atomic mass is 33.1. The Hall–Kier alpha value is -4.62. The first-order valence-electron chi connectivity index (χ1n) is 24.9. The maximum Gasteiger partial charge on any atom is 0.308 e. The minimum atomic E-state index is -1.02. The number of amides is 5. The fourth-order valence-corrected chi connectivity index (χ4v) is 8.21. The van der Waals surface area contributed by atoms with Crippen LogP contribution in [-0.2, 0) is 66.9 Å². The number of esters is 2. The summed E-state index contributed by atoms with van der Waals surface area (Å²) in [6.45, 7) is 9.56. The van der Waals surface area contributed by atoms with Gasteiger partial charge in [0.1, 0.15) is 17.3 Å². The van der Waals surface area contributed by atoms with Gasteiger partial charge >= 0.3 is 11.9 Å². The van der Waals surface area contributed by atoms with Crippen LogP contribution in [0, 0.1) is 0 Å². The van der Waals surface area contributed by atoms with Gasteiger partial charge in [0.05, 0.1) is 83.3 Å². The second kappa shape index (κ2) is 50.3. The quantitative estimate of drug-likeness (QED) is 0.0110. The van der Waals surface area contributed by atoms with Gasteiger partial charge in [-0.05, 0) is 38.2 Å². The van der Waals surface area contributed by atoms with Crippen LogP contribution >= 0.6 is 43.2 Å². The normalized spacial score (nSPS) is 13.0. The lowest BCUT2D eigenvalue weighted by Crippen LogP contribution is -2.32. The smallest absolute Gasteiger partial charge is 0.308 e. The molecule has 0 spiro atoms. The maximum absolute atomic E-state index is 11.8. The predicted molar refractivity (Wildman–Crippen MR) is 303 cm³/mol. The van der Waals surface area contributed by atoms with Crippen LogP contribution < -0.4 is 10.8 Å². The molecule has 2 atom stereocenters. The van der Waals surface area contributed by atoms with Gasteiger partial charge in [0.15, 0.2) is 0 Å². The fourth-order valence-electron chi connectivity index (χ4n) is 5.79. The van der Waals surface area contributed by atoms with Crippen LogP contribution in [-0.4, -0.2) is 209 Å². The van der Waals surface area contributed by atoms with E-state index >= 15 is 0 Å². The average molecular weight is 1200 g/mol. The summed E-state index contributed by atoms with van der Waals surface area (Å²) >= 11 is 0. The van der Waals surface area contributed by atoms with Crippen LogP contribution in [0.5, 0.6) is 0 Å². The molecule has 0 aromatic rings. The third-order valence-electron chi connectivity index (χ3n) is 10.5. The van der Waals surface area contributed by atoms with E-state index < -0.39 is 66.1 Å². The number of hydrogen-bond donors (Lipinski definition) is 8. The summed E-state index contributed by atoms with van der Waals surface area (Å²) in [5.41, 5.74) is 1.87. The lowest BCUT2D eigenvalue weighted by Gasteiger charge is -2.14. The molecule has 0 radical (unpaired) electrons. The number of rotatable bonds is 38. The number of methoxy groups -OCH3 is 4. The van der Waals surface area contributed by atoms with Gasteiger partial charge < -0.3 is 55.0 Å². The van der Waals surface area contributed by atoms with Gasteiger partial charge in [0.2, 0.25) is 5.91 Å². The van der Waals surface area contributed by atoms with Crippen molar-refractivity contribution in [3.63, 3.8) is 0 Å². The standard InChI is InChI=1S/C19H22N2O7.C12H23NO3S4.C9H16O3.C7H12O5.C4H11NO2/c22-13(1-3-14(23)9-11-20-16(25)5-6-17(20)26)2-4-15(24)10-12-21-18(27)7-8-19(21)28;1-17-19-7-5-10(14)3-4-11(15)9-13-12(16)6-8-20-18-2;1-7(11-3)5-9(10)6-8(2)12-4;1-11-6(9)3-5(8)4-7(10)12-2;1-2-4(6)3-5-7/h5-8,13,22H,1-4,9-12H2;11,15H,3-9H2,1-2H3,(H,13,16);9-10H,1-2,5-6H2,3-4H3;5,8H,3-4H2,1-2H3;4-7H,2-3H2,1H3. The molecule has 2 aliphatic heterocycles. The average Bonchev–Trinajstić information content (AvgIpc) is 3.92. The number of nitrogens with one attached hydrogen (secondary N) is 2. The van der Waals surface area contributed by atoms with Crippen LogP contribution in [0.1, 0.15) is 103 Å². The number of aliphatic hydroxyl groups is 5. The molecule has 0 saturated heterocycles. The highest BCUT2D eigenvalue weighted by Gasteiger charge is 2.25. The molecule has 0 saturated carbocycles. The van der Waals surface area contributed by atoms with Gasteiger partial charge in [-0.3, -0.25) is 57.7 Å². The molecular formula is C51H84N4O20S4. The van der Waals surface area contributed by atoms with Crippen molar-refractivity contribution in [1.29, 1.82) is 0 Å². The van der Waals surface area contributed by atoms with Crippen LogP contribution in [0.3, 0.4) is 0 Å². The molecule has 2 rings (SSSR count). The second-order valence-electron chi connectivity index (χ2n) is 16.8. The number of nitrogens with zero attached hydrogens (tertiary/aromatic N) is 2. The molecule has 0 fully saturated rings. The van der Waals surface area contributed by atoms with Crippen molar-refractivity contribution in [1.82, 2.24) is 20.6 Å². The van der Waals surface area contributed by atoms with Crippen molar-refractivity contribution in [3.05, 3.63) is 49.0 Å². The van der Waals surface area contributed by atoms with E-state index in [2.05, 4.69) is 27.9 Å². The zero-order valence-electron chi connectivity index (χ0n) is 46.4. The molecule has 8 N–H and O–H groups in total. The van der Waals surface area contributed by atoms with E-state index in [1.54, 1.807) is 43.2 Å². The zero-order chi connectivity index (χ0) is 60.7. The van der Waals surface area contributed by atoms with Gasteiger partial charge in [0, 0.05) is 120 Å². The van der Waals surface area contributed by atoms with Crippen molar-refractivity contribution in [2.75, 3.05) is 78.6 Å². The summed E-state index contributed by atoms with van der Waals surface area (Å²) in [5, 5.41) is 57.3. The molecule has 0 aromatic carbocycles. The van der Waals surface area contributed by atoms with E-state index in [1.807, 2.05) is 24.9 Å². The van der Waals surface area contributed by atoms with E-state index in [4.69, 9.17) is 24.9 Å². The Balaban J connectivity index is -0.000000990. The van der Waals surface area contributed by atoms with Gasteiger partial charge in [-0.2, -0.15) is 0 Å². The Morgan fingerprint density at radius 2 is 0.886 bits per heavy atom. The van der Waals surface area contributed by atoms with Gasteiger partial charge in [0.25, 0.3) is 23.6 Å². The highest BCUT2D eigenvalue weighted by Crippen LogP contribution is 2.19. The Labute approximate surface area is 479 Å². The Morgan fingerprint density at radius 1 is 0.519 bits per heavy atom. The number of carbonyl (C=O) groups excluding carboxylic acids is 10. The third-order valence-corrected chi connectivity index (χ3v) is 14.1. The Kier molecular flexibility index (Phi) is 50.1. The zero-order valence-corrected chi connectivity index (χ0v) is 49.7. The number of ether oxygens (including phenoxy) is 4. The van der Waals surface area contributed by atoms with Gasteiger partial charge in [-0.15, -0.1) is 0 Å². The number of aliphatic hydroxyl groups excluding tert-OH is 5. The van der Waals surface area contributed by atoms with Crippen molar-refractivity contribution >= 4 is 102 Å². The second-order valence-corrected chi connectivity index (χ2v) is 22.2. The van der Waals surface area contributed by atoms with Crippen LogP contribution in [0.15, 0.2) is 49.0 Å². The molecule has 2 aliphatic rings. The fraction of sp³-hybridized carbons (Fsp3) is 0.647. The summed E-state index contributed by atoms with van der Waals surface area (Å²) < 4.78 is 18.2. The number of carbonyl (C=O) groups is 10. The SMILES string of the molecule is C=C(CC(O)CC(=C)OC)OC.CCC(O)CNO.COC(=O)CC(O)CC(=O)OC.CSSCCC(=O)CCC(O)CNC(=O)CCSSC.O=C(CCC(O)CCC(=O)CCN1C(=O)C=CC1=O)CCN1C(=O)C=CC1=O. The summed E-state index contributed by atoms with van der Waals surface area (Å²) in [6, 6.07) is 0. The van der Waals surface area contributed by atoms with Crippen molar-refractivity contribution < 1.29 is 97.6 Å². The van der Waals surface area contributed by atoms with Gasteiger partial charge in [-0.25, -0.2) is 5.48 Å². The van der Waals surface area contributed by atoms with Crippen LogP contribution in [0.2, 0.25) is 0 Å². The Bertz CT molecular complexity index is 1750. The van der Waals surface area contributed by atoms with E-state index in [1.165, 1.54) is 28.4 Å². The molecule has 0 aliphatic carbocycles. The van der Waals surface area contributed by atoms with E-state index in [9.17, 15) is 63.3 Å². The molecule has 2 heterocycles. The summed E-state index contributed by atoms with van der Waals surface area (Å²) in [5.74, 6) is -0.387. The monoisotopic (exact) mass is 1200 g/mol. The van der Waals surface area contributed by atoms with E-state index in [0.717, 1.165) is 45.6 Å². The van der Waals surface area contributed by atoms with E-state index in [0.29, 0.717) is 56.5 Å². The predicted octanol–water partition coefficient (Wildman–Crippen LogP) is 2.95. The first-order valence-corrected chi connectivity index (χ1v) is 30.4. The molecule has 5 amide bonds. The van der Waals surface area contributed by atoms with Gasteiger partial charge in [-0.1, -0.05) is 63.3 Å². The van der Waals surface area contributed by atoms with Crippen molar-refractivity contribution in [2.45, 2.75) is 134 Å². The lowest BCUT2D eigenvalue weighted by atomic mass is 10.0. The third kappa shape index (κ3) is 45.8. The Morgan fingerprint density at radius 3 is 1.23 bits per heavy atom.